The Bertz CT molecular complexity index is 982. The van der Waals surface area contributed by atoms with Gasteiger partial charge in [-0.05, 0) is 51.1 Å². The SMILES string of the molecule is CC(=O)c1ccc(NC(=O)CSc2cc(-n3nc(C)cc3C)ncn2)cc1. The van der Waals surface area contributed by atoms with Crippen molar-refractivity contribution in [1.29, 1.82) is 0 Å². The van der Waals surface area contributed by atoms with Gasteiger partial charge in [-0.1, -0.05) is 11.8 Å². The molecule has 0 aliphatic carbocycles. The maximum absolute atomic E-state index is 12.2. The lowest BCUT2D eigenvalue weighted by Crippen LogP contribution is -2.14. The van der Waals surface area contributed by atoms with Crippen molar-refractivity contribution in [2.75, 3.05) is 11.1 Å². The smallest absolute Gasteiger partial charge is 0.234 e. The molecule has 2 heterocycles. The van der Waals surface area contributed by atoms with Crippen LogP contribution in [0.4, 0.5) is 5.69 Å². The van der Waals surface area contributed by atoms with Crippen molar-refractivity contribution in [2.45, 2.75) is 25.8 Å². The Morgan fingerprint density at radius 3 is 2.48 bits per heavy atom. The average molecular weight is 381 g/mol. The summed E-state index contributed by atoms with van der Waals surface area (Å²) in [5, 5.41) is 7.90. The third-order valence-electron chi connectivity index (χ3n) is 3.78. The lowest BCUT2D eigenvalue weighted by molar-refractivity contribution is -0.113. The Morgan fingerprint density at radius 2 is 1.85 bits per heavy atom. The van der Waals surface area contributed by atoms with Gasteiger partial charge in [0.15, 0.2) is 11.6 Å². The molecule has 0 spiro atoms. The second-order valence-electron chi connectivity index (χ2n) is 6.02. The van der Waals surface area contributed by atoms with Crippen LogP contribution in [0.25, 0.3) is 5.82 Å². The lowest BCUT2D eigenvalue weighted by atomic mass is 10.1. The van der Waals surface area contributed by atoms with Gasteiger partial charge in [0.2, 0.25) is 5.91 Å². The minimum Gasteiger partial charge on any atom is -0.325 e. The third kappa shape index (κ3) is 4.79. The number of hydrogen-bond acceptors (Lipinski definition) is 6. The summed E-state index contributed by atoms with van der Waals surface area (Å²) in [7, 11) is 0. The van der Waals surface area contributed by atoms with Crippen LogP contribution < -0.4 is 5.32 Å². The number of carbonyl (C=O) groups excluding carboxylic acids is 2. The van der Waals surface area contributed by atoms with Crippen LogP contribution in [0.2, 0.25) is 0 Å². The minimum absolute atomic E-state index is 0.00869. The molecular formula is C19H19N5O2S. The fraction of sp³-hybridized carbons (Fsp3) is 0.211. The highest BCUT2D eigenvalue weighted by atomic mass is 32.2. The molecule has 3 aromatic rings. The van der Waals surface area contributed by atoms with Crippen molar-refractivity contribution >= 4 is 29.1 Å². The number of carbonyl (C=O) groups is 2. The summed E-state index contributed by atoms with van der Waals surface area (Å²) in [4.78, 5) is 31.9. The van der Waals surface area contributed by atoms with E-state index in [4.69, 9.17) is 0 Å². The Morgan fingerprint density at radius 1 is 1.11 bits per heavy atom. The number of Topliss-reactive ketones (excluding diaryl/α,β-unsaturated/α-hetero) is 1. The zero-order chi connectivity index (χ0) is 19.4. The Labute approximate surface area is 161 Å². The maximum atomic E-state index is 12.2. The maximum Gasteiger partial charge on any atom is 0.234 e. The first kappa shape index (κ1) is 18.8. The first-order valence-corrected chi connectivity index (χ1v) is 9.30. The summed E-state index contributed by atoms with van der Waals surface area (Å²) in [5.41, 5.74) is 3.15. The molecule has 2 aromatic heterocycles. The van der Waals surface area contributed by atoms with Crippen LogP contribution in [0.5, 0.6) is 0 Å². The van der Waals surface area contributed by atoms with E-state index in [9.17, 15) is 9.59 Å². The first-order valence-electron chi connectivity index (χ1n) is 8.32. The zero-order valence-corrected chi connectivity index (χ0v) is 16.1. The van der Waals surface area contributed by atoms with Gasteiger partial charge in [0.1, 0.15) is 11.4 Å². The number of rotatable bonds is 6. The van der Waals surface area contributed by atoms with Gasteiger partial charge >= 0.3 is 0 Å². The molecule has 8 heteroatoms. The molecule has 7 nitrogen and oxygen atoms in total. The van der Waals surface area contributed by atoms with Crippen LogP contribution in [0.1, 0.15) is 28.7 Å². The monoisotopic (exact) mass is 381 g/mol. The normalized spacial score (nSPS) is 10.6. The van der Waals surface area contributed by atoms with Crippen LogP contribution >= 0.6 is 11.8 Å². The van der Waals surface area contributed by atoms with Gasteiger partial charge < -0.3 is 5.32 Å². The topological polar surface area (TPSA) is 89.8 Å². The standard InChI is InChI=1S/C19H19N5O2S/c1-12-8-13(2)24(23-12)17-9-19(21-11-20-17)27-10-18(26)22-16-6-4-15(5-7-16)14(3)25/h4-9,11H,10H2,1-3H3,(H,22,26). The first-order chi connectivity index (χ1) is 12.9. The van der Waals surface area contributed by atoms with Gasteiger partial charge in [0.25, 0.3) is 0 Å². The van der Waals surface area contributed by atoms with Gasteiger partial charge in [-0.2, -0.15) is 5.10 Å². The van der Waals surface area contributed by atoms with Crippen molar-refractivity contribution in [1.82, 2.24) is 19.7 Å². The van der Waals surface area contributed by atoms with E-state index in [1.807, 2.05) is 19.9 Å². The van der Waals surface area contributed by atoms with E-state index in [2.05, 4.69) is 20.4 Å². The molecule has 0 aliphatic rings. The number of benzene rings is 1. The summed E-state index contributed by atoms with van der Waals surface area (Å²) in [5.74, 6) is 0.716. The van der Waals surface area contributed by atoms with Crippen molar-refractivity contribution in [2.24, 2.45) is 0 Å². The molecule has 0 fully saturated rings. The van der Waals surface area contributed by atoms with E-state index in [1.54, 1.807) is 35.0 Å². The average Bonchev–Trinajstić information content (AvgIpc) is 2.99. The van der Waals surface area contributed by atoms with E-state index < -0.39 is 0 Å². The van der Waals surface area contributed by atoms with E-state index >= 15 is 0 Å². The molecule has 0 saturated carbocycles. The molecule has 27 heavy (non-hydrogen) atoms. The van der Waals surface area contributed by atoms with Crippen LogP contribution in [-0.2, 0) is 4.79 Å². The number of nitrogens with zero attached hydrogens (tertiary/aromatic N) is 4. The summed E-state index contributed by atoms with van der Waals surface area (Å²) in [6.45, 7) is 5.39. The summed E-state index contributed by atoms with van der Waals surface area (Å²) in [6, 6.07) is 10.6. The van der Waals surface area contributed by atoms with Gasteiger partial charge in [0.05, 0.1) is 11.4 Å². The van der Waals surface area contributed by atoms with Crippen molar-refractivity contribution in [3.05, 3.63) is 59.7 Å². The number of ketones is 1. The summed E-state index contributed by atoms with van der Waals surface area (Å²) < 4.78 is 1.75. The number of aromatic nitrogens is 4. The Hall–Kier alpha value is -3.00. The molecule has 0 atom stereocenters. The number of anilines is 1. The number of nitrogens with one attached hydrogen (secondary N) is 1. The molecule has 0 radical (unpaired) electrons. The number of amides is 1. The highest BCUT2D eigenvalue weighted by Crippen LogP contribution is 2.19. The molecule has 138 valence electrons. The fourth-order valence-electron chi connectivity index (χ4n) is 2.51. The molecule has 0 aliphatic heterocycles. The van der Waals surface area contributed by atoms with Gasteiger partial charge in [0, 0.05) is 23.0 Å². The zero-order valence-electron chi connectivity index (χ0n) is 15.3. The van der Waals surface area contributed by atoms with Crippen molar-refractivity contribution < 1.29 is 9.59 Å². The largest absolute Gasteiger partial charge is 0.325 e. The van der Waals surface area contributed by atoms with Crippen LogP contribution in [0, 0.1) is 13.8 Å². The Balaban J connectivity index is 1.61. The fourth-order valence-corrected chi connectivity index (χ4v) is 3.17. The predicted octanol–water partition coefficient (Wildman–Crippen LogP) is 3.21. The van der Waals surface area contributed by atoms with E-state index in [0.717, 1.165) is 11.4 Å². The quantitative estimate of drug-likeness (QED) is 0.401. The molecule has 0 saturated heterocycles. The van der Waals surface area contributed by atoms with Crippen molar-refractivity contribution in [3.8, 4) is 5.82 Å². The molecule has 1 aromatic carbocycles. The van der Waals surface area contributed by atoms with Gasteiger partial charge in [-0.15, -0.1) is 0 Å². The second-order valence-corrected chi connectivity index (χ2v) is 7.02. The van der Waals surface area contributed by atoms with E-state index in [-0.39, 0.29) is 17.4 Å². The summed E-state index contributed by atoms with van der Waals surface area (Å²) >= 11 is 1.32. The van der Waals surface area contributed by atoms with Crippen LogP contribution in [0.3, 0.4) is 0 Å². The number of hydrogen-bond donors (Lipinski definition) is 1. The van der Waals surface area contributed by atoms with Crippen molar-refractivity contribution in [3.63, 3.8) is 0 Å². The highest BCUT2D eigenvalue weighted by Gasteiger charge is 2.09. The molecule has 0 unspecified atom stereocenters. The van der Waals surface area contributed by atoms with Gasteiger partial charge in [-0.3, -0.25) is 9.59 Å². The van der Waals surface area contributed by atoms with Crippen LogP contribution in [0.15, 0.2) is 47.8 Å². The molecule has 1 amide bonds. The third-order valence-corrected chi connectivity index (χ3v) is 4.71. The highest BCUT2D eigenvalue weighted by molar-refractivity contribution is 7.99. The number of aryl methyl sites for hydroxylation is 2. The van der Waals surface area contributed by atoms with Gasteiger partial charge in [-0.25, -0.2) is 14.6 Å². The molecule has 3 rings (SSSR count). The minimum atomic E-state index is -0.151. The van der Waals surface area contributed by atoms with E-state index in [1.165, 1.54) is 25.0 Å². The molecule has 0 bridgehead atoms. The summed E-state index contributed by atoms with van der Waals surface area (Å²) in [6.07, 6.45) is 1.46. The molecular weight excluding hydrogens is 362 g/mol. The molecule has 1 N–H and O–H groups in total. The van der Waals surface area contributed by atoms with Crippen LogP contribution in [-0.4, -0.2) is 37.2 Å². The number of thioether (sulfide) groups is 1. The second kappa shape index (κ2) is 8.13. The predicted molar refractivity (Wildman–Crippen MR) is 104 cm³/mol. The van der Waals surface area contributed by atoms with E-state index in [0.29, 0.717) is 22.1 Å². The Kier molecular flexibility index (Phi) is 5.66. The lowest BCUT2D eigenvalue weighted by Gasteiger charge is -2.07.